The molecular formula is C22H23F3N6O4. The number of carboxylic acid groups (broad SMARTS) is 1. The van der Waals surface area contributed by atoms with E-state index in [1.54, 1.807) is 25.0 Å². The van der Waals surface area contributed by atoms with Crippen molar-refractivity contribution in [3.05, 3.63) is 65.8 Å². The largest absolute Gasteiger partial charge is 0.490 e. The van der Waals surface area contributed by atoms with Crippen LogP contribution in [0.4, 0.5) is 18.9 Å². The standard InChI is InChI=1S/C20H22N6O2.C2HF3O2/c1-24-12-21-8-17(24)6-19(27)23-16-4-3-14-10-26(11-15(14)5-16)20(28)7-18-9-22-13-25(18)2;3-2(4,5)1(6)7/h3-5,8-9,12-13H,6-7,10-11H2,1-2H3,(H,23,27);(H,6,7). The fourth-order valence-corrected chi connectivity index (χ4v) is 3.39. The van der Waals surface area contributed by atoms with Crippen LogP contribution < -0.4 is 5.32 Å². The zero-order chi connectivity index (χ0) is 25.8. The second-order valence-electron chi connectivity index (χ2n) is 7.93. The minimum Gasteiger partial charge on any atom is -0.475 e. The molecule has 0 radical (unpaired) electrons. The number of rotatable bonds is 5. The highest BCUT2D eigenvalue weighted by Gasteiger charge is 2.38. The van der Waals surface area contributed by atoms with Crippen LogP contribution in [0.1, 0.15) is 22.5 Å². The summed E-state index contributed by atoms with van der Waals surface area (Å²) >= 11 is 0. The van der Waals surface area contributed by atoms with E-state index in [9.17, 15) is 22.8 Å². The van der Waals surface area contributed by atoms with Crippen molar-refractivity contribution in [1.29, 1.82) is 0 Å². The Morgan fingerprint density at radius 1 is 0.971 bits per heavy atom. The summed E-state index contributed by atoms with van der Waals surface area (Å²) in [6.07, 6.45) is 2.30. The molecule has 3 aromatic rings. The zero-order valence-corrected chi connectivity index (χ0v) is 18.9. The van der Waals surface area contributed by atoms with Gasteiger partial charge in [0, 0.05) is 56.7 Å². The number of nitrogens with one attached hydrogen (secondary N) is 1. The Balaban J connectivity index is 0.000000429. The summed E-state index contributed by atoms with van der Waals surface area (Å²) in [6.45, 7) is 1.15. The molecule has 0 fully saturated rings. The molecule has 4 rings (SSSR count). The second kappa shape index (κ2) is 10.4. The number of alkyl halides is 3. The average molecular weight is 492 g/mol. The van der Waals surface area contributed by atoms with Crippen LogP contribution in [-0.2, 0) is 54.4 Å². The fraction of sp³-hybridized carbons (Fsp3) is 0.318. The first-order valence-electron chi connectivity index (χ1n) is 10.3. The number of imidazole rings is 2. The first kappa shape index (κ1) is 25.5. The van der Waals surface area contributed by atoms with Gasteiger partial charge in [0.15, 0.2) is 0 Å². The van der Waals surface area contributed by atoms with Crippen LogP contribution in [0.25, 0.3) is 0 Å². The first-order chi connectivity index (χ1) is 16.4. The van der Waals surface area contributed by atoms with Crippen molar-refractivity contribution < 1.29 is 32.7 Å². The summed E-state index contributed by atoms with van der Waals surface area (Å²) in [5.41, 5.74) is 4.67. The lowest BCUT2D eigenvalue weighted by atomic mass is 10.1. The van der Waals surface area contributed by atoms with E-state index in [0.717, 1.165) is 28.2 Å². The predicted octanol–water partition coefficient (Wildman–Crippen LogP) is 2.05. The van der Waals surface area contributed by atoms with Gasteiger partial charge in [0.05, 0.1) is 25.5 Å². The summed E-state index contributed by atoms with van der Waals surface area (Å²) in [4.78, 5) is 43.7. The van der Waals surface area contributed by atoms with Crippen LogP contribution in [0.15, 0.2) is 43.2 Å². The maximum Gasteiger partial charge on any atom is 0.490 e. The highest BCUT2D eigenvalue weighted by Crippen LogP contribution is 2.26. The van der Waals surface area contributed by atoms with E-state index >= 15 is 0 Å². The van der Waals surface area contributed by atoms with Crippen LogP contribution in [0.3, 0.4) is 0 Å². The minimum atomic E-state index is -5.08. The van der Waals surface area contributed by atoms with Gasteiger partial charge in [-0.05, 0) is 23.3 Å². The topological polar surface area (TPSA) is 122 Å². The number of anilines is 1. The molecular weight excluding hydrogens is 469 g/mol. The van der Waals surface area contributed by atoms with Crippen molar-refractivity contribution in [3.63, 3.8) is 0 Å². The third-order valence-corrected chi connectivity index (χ3v) is 5.31. The van der Waals surface area contributed by atoms with Crippen molar-refractivity contribution in [1.82, 2.24) is 24.0 Å². The lowest BCUT2D eigenvalue weighted by Gasteiger charge is -2.15. The van der Waals surface area contributed by atoms with Crippen LogP contribution in [-0.4, -0.2) is 53.1 Å². The lowest BCUT2D eigenvalue weighted by Crippen LogP contribution is -2.27. The summed E-state index contributed by atoms with van der Waals surface area (Å²) in [7, 11) is 3.75. The number of aliphatic carboxylic acids is 1. The fourth-order valence-electron chi connectivity index (χ4n) is 3.39. The molecule has 1 aliphatic heterocycles. The molecule has 35 heavy (non-hydrogen) atoms. The molecule has 10 nitrogen and oxygen atoms in total. The average Bonchev–Trinajstić information content (AvgIpc) is 3.48. The van der Waals surface area contributed by atoms with Gasteiger partial charge in [-0.3, -0.25) is 9.59 Å². The Morgan fingerprint density at radius 3 is 2.03 bits per heavy atom. The number of benzene rings is 1. The molecule has 2 N–H and O–H groups in total. The van der Waals surface area contributed by atoms with E-state index in [1.807, 2.05) is 46.3 Å². The summed E-state index contributed by atoms with van der Waals surface area (Å²) in [5, 5.41) is 10.1. The molecule has 0 bridgehead atoms. The van der Waals surface area contributed by atoms with Gasteiger partial charge in [-0.25, -0.2) is 14.8 Å². The van der Waals surface area contributed by atoms with E-state index in [-0.39, 0.29) is 18.2 Å². The molecule has 0 unspecified atom stereocenters. The maximum atomic E-state index is 12.6. The summed E-state index contributed by atoms with van der Waals surface area (Å²) in [6, 6.07) is 5.81. The van der Waals surface area contributed by atoms with Crippen LogP contribution in [0.2, 0.25) is 0 Å². The van der Waals surface area contributed by atoms with E-state index in [0.29, 0.717) is 19.5 Å². The Hall–Kier alpha value is -4.16. The van der Waals surface area contributed by atoms with Gasteiger partial charge in [0.1, 0.15) is 0 Å². The van der Waals surface area contributed by atoms with Gasteiger partial charge in [-0.1, -0.05) is 6.07 Å². The number of aromatic nitrogens is 4. The SMILES string of the molecule is Cn1cncc1CC(=O)Nc1ccc2c(c1)CN(C(=O)Cc1cncn1C)C2.O=C(O)C(F)(F)F. The lowest BCUT2D eigenvalue weighted by molar-refractivity contribution is -0.192. The van der Waals surface area contributed by atoms with Gasteiger partial charge < -0.3 is 24.5 Å². The van der Waals surface area contributed by atoms with Crippen molar-refractivity contribution >= 4 is 23.5 Å². The van der Waals surface area contributed by atoms with Gasteiger partial charge in [-0.2, -0.15) is 13.2 Å². The van der Waals surface area contributed by atoms with Gasteiger partial charge in [0.25, 0.3) is 0 Å². The number of hydrogen-bond acceptors (Lipinski definition) is 5. The third-order valence-electron chi connectivity index (χ3n) is 5.31. The molecule has 0 aliphatic carbocycles. The molecule has 2 amide bonds. The number of amides is 2. The highest BCUT2D eigenvalue weighted by atomic mass is 19.4. The molecule has 2 aromatic heterocycles. The van der Waals surface area contributed by atoms with Gasteiger partial charge in [0.2, 0.25) is 11.8 Å². The third kappa shape index (κ3) is 6.68. The number of nitrogens with zero attached hydrogens (tertiary/aromatic N) is 5. The quantitative estimate of drug-likeness (QED) is 0.562. The summed E-state index contributed by atoms with van der Waals surface area (Å²) < 4.78 is 35.4. The molecule has 13 heteroatoms. The Bertz CT molecular complexity index is 1230. The monoisotopic (exact) mass is 492 g/mol. The zero-order valence-electron chi connectivity index (χ0n) is 18.9. The van der Waals surface area contributed by atoms with E-state index in [2.05, 4.69) is 15.3 Å². The number of carbonyl (C=O) groups excluding carboxylic acids is 2. The molecule has 0 saturated carbocycles. The number of fused-ring (bicyclic) bond motifs is 1. The Morgan fingerprint density at radius 2 is 1.51 bits per heavy atom. The summed E-state index contributed by atoms with van der Waals surface area (Å²) in [5.74, 6) is -2.78. The highest BCUT2D eigenvalue weighted by molar-refractivity contribution is 5.92. The van der Waals surface area contributed by atoms with E-state index in [1.165, 1.54) is 0 Å². The second-order valence-corrected chi connectivity index (χ2v) is 7.93. The predicted molar refractivity (Wildman–Crippen MR) is 117 cm³/mol. The van der Waals surface area contributed by atoms with Crippen molar-refractivity contribution in [2.45, 2.75) is 32.1 Å². The first-order valence-corrected chi connectivity index (χ1v) is 10.3. The van der Waals surface area contributed by atoms with Gasteiger partial charge in [-0.15, -0.1) is 0 Å². The Kier molecular flexibility index (Phi) is 7.57. The van der Waals surface area contributed by atoms with Crippen LogP contribution in [0.5, 0.6) is 0 Å². The molecule has 1 aliphatic rings. The number of hydrogen-bond donors (Lipinski definition) is 2. The van der Waals surface area contributed by atoms with Crippen molar-refractivity contribution in [2.24, 2.45) is 14.1 Å². The maximum absolute atomic E-state index is 12.6. The molecule has 1 aromatic carbocycles. The molecule has 186 valence electrons. The Labute approximate surface area is 198 Å². The number of halogens is 3. The number of carboxylic acids is 1. The van der Waals surface area contributed by atoms with E-state index in [4.69, 9.17) is 9.90 Å². The van der Waals surface area contributed by atoms with Crippen LogP contribution in [0, 0.1) is 0 Å². The molecule has 0 atom stereocenters. The van der Waals surface area contributed by atoms with Crippen molar-refractivity contribution in [3.8, 4) is 0 Å². The number of carbonyl (C=O) groups is 3. The molecule has 0 spiro atoms. The van der Waals surface area contributed by atoms with Crippen molar-refractivity contribution in [2.75, 3.05) is 5.32 Å². The van der Waals surface area contributed by atoms with E-state index < -0.39 is 12.1 Å². The minimum absolute atomic E-state index is 0.0709. The molecule has 0 saturated heterocycles. The van der Waals surface area contributed by atoms with Gasteiger partial charge >= 0.3 is 12.1 Å². The smallest absolute Gasteiger partial charge is 0.475 e. The number of aryl methyl sites for hydroxylation is 2. The molecule has 3 heterocycles. The van der Waals surface area contributed by atoms with Crippen LogP contribution >= 0.6 is 0 Å². The normalized spacial score (nSPS) is 12.5.